The summed E-state index contributed by atoms with van der Waals surface area (Å²) in [7, 11) is 1.75. The standard InChI is InChI=1S/C12H26N2O2/c1-11(8-13-12(2)10-15-3)9-14-4-6-16-7-5-14/h11-13H,4-10H2,1-3H3/t11-,12+/m0/s1. The topological polar surface area (TPSA) is 33.7 Å². The Bertz CT molecular complexity index is 172. The van der Waals surface area contributed by atoms with Crippen LogP contribution in [0.15, 0.2) is 0 Å². The molecule has 1 saturated heterocycles. The van der Waals surface area contributed by atoms with E-state index < -0.39 is 0 Å². The number of methoxy groups -OCH3 is 1. The Kier molecular flexibility index (Phi) is 6.96. The maximum Gasteiger partial charge on any atom is 0.0613 e. The molecule has 4 heteroatoms. The van der Waals surface area contributed by atoms with E-state index in [1.807, 2.05) is 0 Å². The van der Waals surface area contributed by atoms with Crippen molar-refractivity contribution < 1.29 is 9.47 Å². The average molecular weight is 230 g/mol. The second-order valence-electron chi connectivity index (χ2n) is 4.78. The zero-order chi connectivity index (χ0) is 11.8. The van der Waals surface area contributed by atoms with Gasteiger partial charge in [0, 0.05) is 32.8 Å². The quantitative estimate of drug-likeness (QED) is 0.694. The molecular weight excluding hydrogens is 204 g/mol. The summed E-state index contributed by atoms with van der Waals surface area (Å²) in [4.78, 5) is 2.48. The van der Waals surface area contributed by atoms with Gasteiger partial charge in [0.05, 0.1) is 19.8 Å². The maximum atomic E-state index is 5.34. The largest absolute Gasteiger partial charge is 0.383 e. The Labute approximate surface area is 99.3 Å². The first-order valence-corrected chi connectivity index (χ1v) is 6.24. The van der Waals surface area contributed by atoms with Crippen LogP contribution in [0.5, 0.6) is 0 Å². The van der Waals surface area contributed by atoms with Crippen molar-refractivity contribution in [1.82, 2.24) is 10.2 Å². The molecule has 0 saturated carbocycles. The summed E-state index contributed by atoms with van der Waals surface area (Å²) in [5.41, 5.74) is 0. The van der Waals surface area contributed by atoms with Crippen LogP contribution in [0.3, 0.4) is 0 Å². The van der Waals surface area contributed by atoms with E-state index in [-0.39, 0.29) is 0 Å². The Hall–Kier alpha value is -0.160. The fraction of sp³-hybridized carbons (Fsp3) is 1.00. The lowest BCUT2D eigenvalue weighted by Crippen LogP contribution is -2.42. The predicted molar refractivity (Wildman–Crippen MR) is 65.8 cm³/mol. The third-order valence-corrected chi connectivity index (χ3v) is 2.91. The number of hydrogen-bond acceptors (Lipinski definition) is 4. The van der Waals surface area contributed by atoms with Gasteiger partial charge in [-0.2, -0.15) is 0 Å². The number of ether oxygens (including phenoxy) is 2. The molecule has 0 spiro atoms. The summed E-state index contributed by atoms with van der Waals surface area (Å²) >= 11 is 0. The third-order valence-electron chi connectivity index (χ3n) is 2.91. The lowest BCUT2D eigenvalue weighted by Gasteiger charge is -2.29. The van der Waals surface area contributed by atoms with Crippen molar-refractivity contribution in [2.45, 2.75) is 19.9 Å². The predicted octanol–water partition coefficient (Wildman–Crippen LogP) is 0.579. The van der Waals surface area contributed by atoms with Crippen LogP contribution in [0.2, 0.25) is 0 Å². The minimum absolute atomic E-state index is 0.442. The molecule has 0 aliphatic carbocycles. The van der Waals surface area contributed by atoms with Crippen LogP contribution in [-0.4, -0.2) is 64.1 Å². The van der Waals surface area contributed by atoms with E-state index in [0.29, 0.717) is 12.0 Å². The maximum absolute atomic E-state index is 5.34. The molecule has 0 bridgehead atoms. The average Bonchev–Trinajstić information content (AvgIpc) is 2.28. The van der Waals surface area contributed by atoms with Crippen molar-refractivity contribution in [2.24, 2.45) is 5.92 Å². The van der Waals surface area contributed by atoms with Crippen molar-refractivity contribution >= 4 is 0 Å². The van der Waals surface area contributed by atoms with Gasteiger partial charge < -0.3 is 14.8 Å². The van der Waals surface area contributed by atoms with Crippen LogP contribution in [0.25, 0.3) is 0 Å². The molecule has 1 rings (SSSR count). The van der Waals surface area contributed by atoms with Crippen molar-refractivity contribution in [2.75, 3.05) is 53.1 Å². The molecule has 1 N–H and O–H groups in total. The van der Waals surface area contributed by atoms with Gasteiger partial charge in [0.25, 0.3) is 0 Å². The van der Waals surface area contributed by atoms with Crippen molar-refractivity contribution in [1.29, 1.82) is 0 Å². The smallest absolute Gasteiger partial charge is 0.0613 e. The second-order valence-corrected chi connectivity index (χ2v) is 4.78. The van der Waals surface area contributed by atoms with E-state index in [4.69, 9.17) is 9.47 Å². The minimum Gasteiger partial charge on any atom is -0.383 e. The molecule has 0 unspecified atom stereocenters. The highest BCUT2D eigenvalue weighted by Gasteiger charge is 2.13. The SMILES string of the molecule is COC[C@@H](C)NC[C@H](C)CN1CCOCC1. The molecule has 0 radical (unpaired) electrons. The Morgan fingerprint density at radius 3 is 2.62 bits per heavy atom. The fourth-order valence-corrected chi connectivity index (χ4v) is 2.00. The summed E-state index contributed by atoms with van der Waals surface area (Å²) in [5.74, 6) is 0.678. The summed E-state index contributed by atoms with van der Waals surface area (Å²) in [6.45, 7) is 11.4. The Morgan fingerprint density at radius 2 is 2.00 bits per heavy atom. The van der Waals surface area contributed by atoms with Gasteiger partial charge in [-0.05, 0) is 19.4 Å². The van der Waals surface area contributed by atoms with Gasteiger partial charge in [0.2, 0.25) is 0 Å². The molecule has 1 fully saturated rings. The Balaban J connectivity index is 2.07. The van der Waals surface area contributed by atoms with E-state index in [1.54, 1.807) is 7.11 Å². The molecule has 1 aliphatic rings. The fourth-order valence-electron chi connectivity index (χ4n) is 2.00. The van der Waals surface area contributed by atoms with Gasteiger partial charge in [-0.15, -0.1) is 0 Å². The molecule has 2 atom stereocenters. The summed E-state index contributed by atoms with van der Waals surface area (Å²) in [6.07, 6.45) is 0. The minimum atomic E-state index is 0.442. The monoisotopic (exact) mass is 230 g/mol. The van der Waals surface area contributed by atoms with Gasteiger partial charge >= 0.3 is 0 Å². The first-order chi connectivity index (χ1) is 7.72. The summed E-state index contributed by atoms with van der Waals surface area (Å²) < 4.78 is 10.4. The van der Waals surface area contributed by atoms with Crippen molar-refractivity contribution in [3.63, 3.8) is 0 Å². The highest BCUT2D eigenvalue weighted by molar-refractivity contribution is 4.69. The zero-order valence-electron chi connectivity index (χ0n) is 10.9. The number of hydrogen-bond donors (Lipinski definition) is 1. The molecule has 1 aliphatic heterocycles. The molecule has 1 heterocycles. The first-order valence-electron chi connectivity index (χ1n) is 6.24. The van der Waals surface area contributed by atoms with Crippen LogP contribution in [0, 0.1) is 5.92 Å². The van der Waals surface area contributed by atoms with E-state index in [9.17, 15) is 0 Å². The van der Waals surface area contributed by atoms with E-state index >= 15 is 0 Å². The van der Waals surface area contributed by atoms with Gasteiger partial charge in [-0.25, -0.2) is 0 Å². The highest BCUT2D eigenvalue weighted by atomic mass is 16.5. The van der Waals surface area contributed by atoms with Crippen molar-refractivity contribution in [3.05, 3.63) is 0 Å². The molecule has 16 heavy (non-hydrogen) atoms. The van der Waals surface area contributed by atoms with Gasteiger partial charge in [-0.3, -0.25) is 4.90 Å². The molecule has 0 aromatic rings. The summed E-state index contributed by atoms with van der Waals surface area (Å²) in [5, 5.41) is 3.49. The molecule has 0 aromatic carbocycles. The van der Waals surface area contributed by atoms with Crippen LogP contribution < -0.4 is 5.32 Å². The second kappa shape index (κ2) is 8.01. The van der Waals surface area contributed by atoms with Crippen LogP contribution in [0.1, 0.15) is 13.8 Å². The summed E-state index contributed by atoms with van der Waals surface area (Å²) in [6, 6.07) is 0.442. The highest BCUT2D eigenvalue weighted by Crippen LogP contribution is 2.02. The first kappa shape index (κ1) is 13.9. The molecular formula is C12H26N2O2. The lowest BCUT2D eigenvalue weighted by molar-refractivity contribution is 0.0315. The number of nitrogens with one attached hydrogen (secondary N) is 1. The lowest BCUT2D eigenvalue weighted by atomic mass is 10.1. The van der Waals surface area contributed by atoms with Gasteiger partial charge in [-0.1, -0.05) is 6.92 Å². The molecule has 0 aromatic heterocycles. The molecule has 4 nitrogen and oxygen atoms in total. The van der Waals surface area contributed by atoms with Crippen LogP contribution >= 0.6 is 0 Å². The number of nitrogens with zero attached hydrogens (tertiary/aromatic N) is 1. The number of morpholine rings is 1. The molecule has 0 amide bonds. The van der Waals surface area contributed by atoms with Gasteiger partial charge in [0.15, 0.2) is 0 Å². The third kappa shape index (κ3) is 5.80. The van der Waals surface area contributed by atoms with Crippen LogP contribution in [-0.2, 0) is 9.47 Å². The van der Waals surface area contributed by atoms with E-state index in [0.717, 1.165) is 46.0 Å². The van der Waals surface area contributed by atoms with Crippen LogP contribution in [0.4, 0.5) is 0 Å². The molecule has 96 valence electrons. The van der Waals surface area contributed by atoms with E-state index in [1.165, 1.54) is 0 Å². The van der Waals surface area contributed by atoms with E-state index in [2.05, 4.69) is 24.1 Å². The van der Waals surface area contributed by atoms with Gasteiger partial charge in [0.1, 0.15) is 0 Å². The van der Waals surface area contributed by atoms with Crippen molar-refractivity contribution in [3.8, 4) is 0 Å². The Morgan fingerprint density at radius 1 is 1.31 bits per heavy atom. The zero-order valence-corrected chi connectivity index (χ0v) is 10.9. The normalized spacial score (nSPS) is 21.9. The number of rotatable bonds is 7.